The minimum absolute atomic E-state index is 0.807. The second-order valence-electron chi connectivity index (χ2n) is 4.78. The van der Waals surface area contributed by atoms with Gasteiger partial charge in [0.05, 0.1) is 12.0 Å². The van der Waals surface area contributed by atoms with Gasteiger partial charge in [-0.15, -0.1) is 0 Å². The number of nitrogens with one attached hydrogen (secondary N) is 1. The van der Waals surface area contributed by atoms with Crippen molar-refractivity contribution in [1.29, 1.82) is 0 Å². The van der Waals surface area contributed by atoms with Gasteiger partial charge in [-0.25, -0.2) is 9.97 Å². The molecule has 4 nitrogen and oxygen atoms in total. The first kappa shape index (κ1) is 11.8. The molecule has 4 aromatic rings. The molecule has 0 radical (unpaired) electrons. The summed E-state index contributed by atoms with van der Waals surface area (Å²) in [4.78, 5) is 15.9. The lowest BCUT2D eigenvalue weighted by Gasteiger charge is -2.05. The molecule has 4 heteroatoms. The highest BCUT2D eigenvalue weighted by molar-refractivity contribution is 5.77. The normalized spacial score (nSPS) is 10.9. The van der Waals surface area contributed by atoms with E-state index in [0.29, 0.717) is 0 Å². The van der Waals surface area contributed by atoms with Crippen LogP contribution in [-0.4, -0.2) is 19.9 Å². The van der Waals surface area contributed by atoms with E-state index >= 15 is 0 Å². The number of nitrogens with zero attached hydrogens (tertiary/aromatic N) is 3. The molecule has 0 fully saturated rings. The average Bonchev–Trinajstić information content (AvgIpc) is 3.03. The van der Waals surface area contributed by atoms with Crippen molar-refractivity contribution in [3.63, 3.8) is 0 Å². The van der Waals surface area contributed by atoms with Gasteiger partial charge in [-0.1, -0.05) is 18.2 Å². The van der Waals surface area contributed by atoms with E-state index in [1.54, 1.807) is 18.7 Å². The van der Waals surface area contributed by atoms with Gasteiger partial charge in [0.15, 0.2) is 5.65 Å². The monoisotopic (exact) mass is 272 g/mol. The Morgan fingerprint density at radius 3 is 2.57 bits per heavy atom. The molecule has 1 N–H and O–H groups in total. The molecule has 0 saturated heterocycles. The predicted octanol–water partition coefficient (Wildman–Crippen LogP) is 3.69. The molecule has 3 heterocycles. The van der Waals surface area contributed by atoms with E-state index in [4.69, 9.17) is 0 Å². The summed E-state index contributed by atoms with van der Waals surface area (Å²) in [5, 5.41) is 0. The van der Waals surface area contributed by atoms with Gasteiger partial charge in [-0.2, -0.15) is 0 Å². The molecule has 4 rings (SSSR count). The first-order chi connectivity index (χ1) is 10.4. The van der Waals surface area contributed by atoms with Gasteiger partial charge in [-0.3, -0.25) is 4.98 Å². The summed E-state index contributed by atoms with van der Waals surface area (Å²) < 4.78 is 0. The van der Waals surface area contributed by atoms with E-state index in [2.05, 4.69) is 38.1 Å². The standard InChI is InChI=1S/C17H12N4/c1-2-13(12-6-8-18-9-7-12)10-14(3-1)15-4-5-16-17(21-15)20-11-19-16/h1-11H,(H,19,20,21). The molecule has 0 amide bonds. The third kappa shape index (κ3) is 2.17. The van der Waals surface area contributed by atoms with E-state index in [9.17, 15) is 0 Å². The van der Waals surface area contributed by atoms with Crippen LogP contribution in [0.4, 0.5) is 0 Å². The van der Waals surface area contributed by atoms with Gasteiger partial charge < -0.3 is 4.98 Å². The number of H-pyrrole nitrogens is 1. The largest absolute Gasteiger partial charge is 0.329 e. The average molecular weight is 272 g/mol. The SMILES string of the molecule is c1cc(-c2ccncc2)cc(-c2ccc3nc[nH]c3n2)c1. The lowest BCUT2D eigenvalue weighted by Crippen LogP contribution is -1.86. The lowest BCUT2D eigenvalue weighted by molar-refractivity contribution is 1.30. The summed E-state index contributed by atoms with van der Waals surface area (Å²) >= 11 is 0. The molecule has 0 aliphatic heterocycles. The van der Waals surface area contributed by atoms with Crippen LogP contribution in [0.2, 0.25) is 0 Å². The Morgan fingerprint density at radius 1 is 0.810 bits per heavy atom. The Kier molecular flexibility index (Phi) is 2.71. The zero-order valence-corrected chi connectivity index (χ0v) is 11.2. The first-order valence-corrected chi connectivity index (χ1v) is 6.71. The first-order valence-electron chi connectivity index (χ1n) is 6.71. The minimum Gasteiger partial charge on any atom is -0.329 e. The van der Waals surface area contributed by atoms with Crippen LogP contribution in [0.3, 0.4) is 0 Å². The van der Waals surface area contributed by atoms with E-state index in [1.165, 1.54) is 0 Å². The summed E-state index contributed by atoms with van der Waals surface area (Å²) in [7, 11) is 0. The fraction of sp³-hybridized carbons (Fsp3) is 0. The maximum absolute atomic E-state index is 4.61. The Labute approximate surface area is 121 Å². The molecule has 0 aliphatic carbocycles. The third-order valence-corrected chi connectivity index (χ3v) is 3.45. The molecule has 3 aromatic heterocycles. The van der Waals surface area contributed by atoms with Gasteiger partial charge in [0, 0.05) is 18.0 Å². The topological polar surface area (TPSA) is 54.5 Å². The van der Waals surface area contributed by atoms with Crippen molar-refractivity contribution < 1.29 is 0 Å². The van der Waals surface area contributed by atoms with Crippen molar-refractivity contribution in [3.05, 3.63) is 67.3 Å². The van der Waals surface area contributed by atoms with E-state index in [1.807, 2.05) is 30.3 Å². The molecule has 0 atom stereocenters. The number of rotatable bonds is 2. The highest BCUT2D eigenvalue weighted by Crippen LogP contribution is 2.25. The number of pyridine rings is 2. The number of hydrogen-bond acceptors (Lipinski definition) is 3. The number of benzene rings is 1. The van der Waals surface area contributed by atoms with Crippen molar-refractivity contribution >= 4 is 11.2 Å². The van der Waals surface area contributed by atoms with Crippen molar-refractivity contribution in [2.45, 2.75) is 0 Å². The highest BCUT2D eigenvalue weighted by atomic mass is 14.9. The van der Waals surface area contributed by atoms with E-state index in [0.717, 1.165) is 33.5 Å². The zero-order valence-electron chi connectivity index (χ0n) is 11.2. The maximum Gasteiger partial charge on any atom is 0.157 e. The molecular weight excluding hydrogens is 260 g/mol. The number of hydrogen-bond donors (Lipinski definition) is 1. The van der Waals surface area contributed by atoms with Crippen LogP contribution >= 0.6 is 0 Å². The highest BCUT2D eigenvalue weighted by Gasteiger charge is 2.05. The molecule has 0 spiro atoms. The molecule has 1 aromatic carbocycles. The predicted molar refractivity (Wildman–Crippen MR) is 82.6 cm³/mol. The second kappa shape index (κ2) is 4.83. The number of fused-ring (bicyclic) bond motifs is 1. The summed E-state index contributed by atoms with van der Waals surface area (Å²) in [6.45, 7) is 0. The molecule has 100 valence electrons. The van der Waals surface area contributed by atoms with Crippen LogP contribution in [0.1, 0.15) is 0 Å². The Balaban J connectivity index is 1.81. The Bertz CT molecular complexity index is 897. The number of imidazole rings is 1. The minimum atomic E-state index is 0.807. The quantitative estimate of drug-likeness (QED) is 0.605. The van der Waals surface area contributed by atoms with Crippen LogP contribution < -0.4 is 0 Å². The third-order valence-electron chi connectivity index (χ3n) is 3.45. The maximum atomic E-state index is 4.61. The van der Waals surface area contributed by atoms with Crippen LogP contribution in [0.25, 0.3) is 33.5 Å². The van der Waals surface area contributed by atoms with Crippen molar-refractivity contribution in [2.75, 3.05) is 0 Å². The van der Waals surface area contributed by atoms with Gasteiger partial charge in [0.2, 0.25) is 0 Å². The molecule has 21 heavy (non-hydrogen) atoms. The van der Waals surface area contributed by atoms with Gasteiger partial charge in [0.1, 0.15) is 5.52 Å². The van der Waals surface area contributed by atoms with Crippen molar-refractivity contribution in [2.24, 2.45) is 0 Å². The fourth-order valence-corrected chi connectivity index (χ4v) is 2.39. The van der Waals surface area contributed by atoms with Gasteiger partial charge in [0.25, 0.3) is 0 Å². The second-order valence-corrected chi connectivity index (χ2v) is 4.78. The Hall–Kier alpha value is -3.01. The molecule has 0 aliphatic rings. The van der Waals surface area contributed by atoms with Crippen molar-refractivity contribution in [3.8, 4) is 22.4 Å². The molecular formula is C17H12N4. The molecule has 0 bridgehead atoms. The van der Waals surface area contributed by atoms with Crippen molar-refractivity contribution in [1.82, 2.24) is 19.9 Å². The van der Waals surface area contributed by atoms with Crippen LogP contribution in [0.15, 0.2) is 67.3 Å². The smallest absolute Gasteiger partial charge is 0.157 e. The Morgan fingerprint density at radius 2 is 1.67 bits per heavy atom. The fourth-order valence-electron chi connectivity index (χ4n) is 2.39. The summed E-state index contributed by atoms with van der Waals surface area (Å²) in [6, 6.07) is 16.3. The van der Waals surface area contributed by atoms with E-state index < -0.39 is 0 Å². The molecule has 0 saturated carbocycles. The summed E-state index contributed by atoms with van der Waals surface area (Å²) in [5.41, 5.74) is 6.00. The van der Waals surface area contributed by atoms with Gasteiger partial charge in [-0.05, 0) is 41.5 Å². The lowest BCUT2D eigenvalue weighted by atomic mass is 10.0. The number of aromatic amines is 1. The van der Waals surface area contributed by atoms with Crippen LogP contribution in [0.5, 0.6) is 0 Å². The number of aromatic nitrogens is 4. The van der Waals surface area contributed by atoms with Crippen LogP contribution in [-0.2, 0) is 0 Å². The van der Waals surface area contributed by atoms with Gasteiger partial charge >= 0.3 is 0 Å². The van der Waals surface area contributed by atoms with Crippen LogP contribution in [0, 0.1) is 0 Å². The summed E-state index contributed by atoms with van der Waals surface area (Å²) in [6.07, 6.45) is 5.27. The van der Waals surface area contributed by atoms with E-state index in [-0.39, 0.29) is 0 Å². The molecule has 0 unspecified atom stereocenters. The summed E-state index contributed by atoms with van der Waals surface area (Å²) in [5.74, 6) is 0. The zero-order chi connectivity index (χ0) is 14.1.